The van der Waals surface area contributed by atoms with Gasteiger partial charge in [0, 0.05) is 24.2 Å². The molecule has 3 aromatic rings. The maximum Gasteiger partial charge on any atom is 0.330 e. The Hall–Kier alpha value is -2.67. The molecule has 142 valence electrons. The van der Waals surface area contributed by atoms with Crippen molar-refractivity contribution >= 4 is 11.0 Å². The van der Waals surface area contributed by atoms with E-state index in [0.717, 1.165) is 0 Å². The van der Waals surface area contributed by atoms with E-state index < -0.39 is 23.8 Å². The van der Waals surface area contributed by atoms with Gasteiger partial charge >= 0.3 is 5.69 Å². The molecule has 4 rings (SSSR count). The summed E-state index contributed by atoms with van der Waals surface area (Å²) in [6.07, 6.45) is -0.463. The van der Waals surface area contributed by atoms with Crippen molar-refractivity contribution in [2.75, 3.05) is 13.6 Å². The molecule has 0 radical (unpaired) electrons. The second-order valence-corrected chi connectivity index (χ2v) is 7.06. The number of fused-ring (bicyclic) bond motifs is 2. The van der Waals surface area contributed by atoms with Crippen molar-refractivity contribution in [3.8, 4) is 5.75 Å². The van der Waals surface area contributed by atoms with Crippen LogP contribution in [0.1, 0.15) is 31.5 Å². The van der Waals surface area contributed by atoms with Gasteiger partial charge in [-0.2, -0.15) is 0 Å². The van der Waals surface area contributed by atoms with Crippen molar-refractivity contribution in [3.63, 3.8) is 0 Å². The number of halogens is 2. The van der Waals surface area contributed by atoms with E-state index in [4.69, 9.17) is 4.74 Å². The maximum absolute atomic E-state index is 14.8. The molecule has 1 aromatic heterocycles. The van der Waals surface area contributed by atoms with Gasteiger partial charge in [-0.3, -0.25) is 9.13 Å². The van der Waals surface area contributed by atoms with Crippen molar-refractivity contribution in [3.05, 3.63) is 64.1 Å². The number of rotatable bonds is 4. The summed E-state index contributed by atoms with van der Waals surface area (Å²) in [7, 11) is 1.77. The molecule has 5 nitrogen and oxygen atoms in total. The fourth-order valence-corrected chi connectivity index (χ4v) is 3.95. The molecule has 0 amide bonds. The Morgan fingerprint density at radius 1 is 1.22 bits per heavy atom. The van der Waals surface area contributed by atoms with Crippen molar-refractivity contribution in [1.29, 1.82) is 0 Å². The molecule has 0 unspecified atom stereocenters. The standard InChI is InChI=1S/C20H21F2N3O2/c1-11(2)24-15-6-4-5-14(22)19(15)25(20(24)26)18-13-8-7-12(21)9-16(13)27-17(18)10-23-3/h4-9,11,17-18,23H,10H2,1-3H3/t17-,18+/m0/s1. The van der Waals surface area contributed by atoms with Gasteiger partial charge in [0.1, 0.15) is 35.0 Å². The lowest BCUT2D eigenvalue weighted by Crippen LogP contribution is -2.38. The van der Waals surface area contributed by atoms with Crippen molar-refractivity contribution < 1.29 is 13.5 Å². The van der Waals surface area contributed by atoms with Gasteiger partial charge in [-0.05, 0) is 39.1 Å². The highest BCUT2D eigenvalue weighted by Crippen LogP contribution is 2.40. The van der Waals surface area contributed by atoms with Crippen LogP contribution < -0.4 is 15.7 Å². The van der Waals surface area contributed by atoms with Gasteiger partial charge in [-0.25, -0.2) is 13.6 Å². The first-order valence-corrected chi connectivity index (χ1v) is 8.95. The molecule has 1 aliphatic heterocycles. The molecule has 1 N–H and O–H groups in total. The second kappa shape index (κ2) is 6.49. The number of hydrogen-bond donors (Lipinski definition) is 1. The number of hydrogen-bond acceptors (Lipinski definition) is 3. The molecule has 0 saturated carbocycles. The van der Waals surface area contributed by atoms with Crippen LogP contribution in [0.2, 0.25) is 0 Å². The first-order chi connectivity index (χ1) is 12.9. The van der Waals surface area contributed by atoms with Gasteiger partial charge in [0.2, 0.25) is 0 Å². The third-order valence-electron chi connectivity index (χ3n) is 5.00. The zero-order valence-corrected chi connectivity index (χ0v) is 15.4. The lowest BCUT2D eigenvalue weighted by molar-refractivity contribution is 0.191. The lowest BCUT2D eigenvalue weighted by Gasteiger charge is -2.20. The summed E-state index contributed by atoms with van der Waals surface area (Å²) in [5.41, 5.74) is 1.14. The molecular formula is C20H21F2N3O2. The van der Waals surface area contributed by atoms with E-state index in [1.54, 1.807) is 29.8 Å². The van der Waals surface area contributed by atoms with Gasteiger partial charge in [0.15, 0.2) is 0 Å². The lowest BCUT2D eigenvalue weighted by atomic mass is 10.0. The fraction of sp³-hybridized carbons (Fsp3) is 0.350. The molecule has 0 spiro atoms. The van der Waals surface area contributed by atoms with E-state index in [9.17, 15) is 13.6 Å². The first kappa shape index (κ1) is 17.7. The zero-order valence-electron chi connectivity index (χ0n) is 15.4. The third-order valence-corrected chi connectivity index (χ3v) is 5.00. The zero-order chi connectivity index (χ0) is 19.3. The molecule has 2 heterocycles. The van der Waals surface area contributed by atoms with Gasteiger partial charge in [-0.15, -0.1) is 0 Å². The Bertz CT molecular complexity index is 1070. The molecular weight excluding hydrogens is 352 g/mol. The summed E-state index contributed by atoms with van der Waals surface area (Å²) in [6.45, 7) is 4.20. The van der Waals surface area contributed by atoms with Crippen LogP contribution in [0, 0.1) is 11.6 Å². The van der Waals surface area contributed by atoms with E-state index in [1.807, 2.05) is 13.8 Å². The van der Waals surface area contributed by atoms with Crippen LogP contribution in [0.15, 0.2) is 41.2 Å². The number of nitrogens with zero attached hydrogens (tertiary/aromatic N) is 2. The predicted molar refractivity (Wildman–Crippen MR) is 99.4 cm³/mol. The van der Waals surface area contributed by atoms with Gasteiger partial charge in [-0.1, -0.05) is 12.1 Å². The smallest absolute Gasteiger partial charge is 0.330 e. The number of likely N-dealkylation sites (N-methyl/N-ethyl adjacent to an activating group) is 1. The maximum atomic E-state index is 14.8. The Morgan fingerprint density at radius 3 is 2.70 bits per heavy atom. The van der Waals surface area contributed by atoms with E-state index in [2.05, 4.69) is 5.32 Å². The molecule has 2 aromatic carbocycles. The minimum absolute atomic E-state index is 0.138. The quantitative estimate of drug-likeness (QED) is 0.764. The number of nitrogens with one attached hydrogen (secondary N) is 1. The fourth-order valence-electron chi connectivity index (χ4n) is 3.95. The van der Waals surface area contributed by atoms with Crippen LogP contribution in [0.4, 0.5) is 8.78 Å². The topological polar surface area (TPSA) is 48.2 Å². The van der Waals surface area contributed by atoms with E-state index in [0.29, 0.717) is 23.4 Å². The SMILES string of the molecule is CNC[C@@H]1Oc2cc(F)ccc2[C@H]1n1c(=O)n(C(C)C)c2cccc(F)c21. The molecule has 0 bridgehead atoms. The van der Waals surface area contributed by atoms with Gasteiger partial charge in [0.25, 0.3) is 0 Å². The average Bonchev–Trinajstić information content (AvgIpc) is 3.09. The number of aromatic nitrogens is 2. The normalized spacial score (nSPS) is 18.9. The van der Waals surface area contributed by atoms with E-state index >= 15 is 0 Å². The van der Waals surface area contributed by atoms with Crippen LogP contribution in [0.25, 0.3) is 11.0 Å². The van der Waals surface area contributed by atoms with Crippen LogP contribution in [0.5, 0.6) is 5.75 Å². The molecule has 7 heteroatoms. The molecule has 2 atom stereocenters. The van der Waals surface area contributed by atoms with Crippen LogP contribution in [-0.4, -0.2) is 28.8 Å². The summed E-state index contributed by atoms with van der Waals surface area (Å²) in [6, 6.07) is 8.24. The van der Waals surface area contributed by atoms with Crippen molar-refractivity contribution in [1.82, 2.24) is 14.5 Å². The Labute approximate surface area is 155 Å². The summed E-state index contributed by atoms with van der Waals surface area (Å²) in [4.78, 5) is 13.3. The van der Waals surface area contributed by atoms with Crippen LogP contribution in [0.3, 0.4) is 0 Å². The Morgan fingerprint density at radius 2 is 2.00 bits per heavy atom. The minimum Gasteiger partial charge on any atom is -0.486 e. The Kier molecular flexibility index (Phi) is 4.26. The minimum atomic E-state index is -0.556. The van der Waals surface area contributed by atoms with Crippen molar-refractivity contribution in [2.45, 2.75) is 32.0 Å². The number of imidazole rings is 1. The summed E-state index contributed by atoms with van der Waals surface area (Å²) in [5.74, 6) is -0.502. The van der Waals surface area contributed by atoms with E-state index in [1.165, 1.54) is 22.8 Å². The molecule has 0 saturated heterocycles. The number of benzene rings is 2. The second-order valence-electron chi connectivity index (χ2n) is 7.06. The summed E-state index contributed by atoms with van der Waals surface area (Å²) in [5, 5.41) is 3.04. The third kappa shape index (κ3) is 2.65. The summed E-state index contributed by atoms with van der Waals surface area (Å²) >= 11 is 0. The largest absolute Gasteiger partial charge is 0.486 e. The summed E-state index contributed by atoms with van der Waals surface area (Å²) < 4.78 is 37.5. The molecule has 0 aliphatic carbocycles. The highest BCUT2D eigenvalue weighted by Gasteiger charge is 2.38. The monoisotopic (exact) mass is 373 g/mol. The number of para-hydroxylation sites is 1. The van der Waals surface area contributed by atoms with Crippen molar-refractivity contribution in [2.24, 2.45) is 0 Å². The molecule has 1 aliphatic rings. The highest BCUT2D eigenvalue weighted by atomic mass is 19.1. The number of ether oxygens (including phenoxy) is 1. The first-order valence-electron chi connectivity index (χ1n) is 8.95. The highest BCUT2D eigenvalue weighted by molar-refractivity contribution is 5.77. The average molecular weight is 373 g/mol. The Balaban J connectivity index is 2.04. The van der Waals surface area contributed by atoms with E-state index in [-0.39, 0.29) is 17.2 Å². The predicted octanol–water partition coefficient (Wildman–Crippen LogP) is 3.23. The van der Waals surface area contributed by atoms with Crippen LogP contribution in [-0.2, 0) is 0 Å². The molecule has 27 heavy (non-hydrogen) atoms. The van der Waals surface area contributed by atoms with Gasteiger partial charge in [0.05, 0.1) is 5.52 Å². The van der Waals surface area contributed by atoms with Crippen LogP contribution >= 0.6 is 0 Å². The van der Waals surface area contributed by atoms with Gasteiger partial charge < -0.3 is 10.1 Å². The molecule has 0 fully saturated rings.